The van der Waals surface area contributed by atoms with Crippen molar-refractivity contribution in [1.82, 2.24) is 0 Å². The van der Waals surface area contributed by atoms with Crippen molar-refractivity contribution in [2.45, 2.75) is 13.8 Å². The summed E-state index contributed by atoms with van der Waals surface area (Å²) in [6, 6.07) is 18.9. The van der Waals surface area contributed by atoms with E-state index in [0.29, 0.717) is 22.7 Å². The Kier molecular flexibility index (Phi) is 15.3. The summed E-state index contributed by atoms with van der Waals surface area (Å²) in [4.78, 5) is 45.7. The summed E-state index contributed by atoms with van der Waals surface area (Å²) in [5.41, 5.74) is 5.38. The van der Waals surface area contributed by atoms with Crippen LogP contribution in [0.1, 0.15) is 45.7 Å². The van der Waals surface area contributed by atoms with Crippen molar-refractivity contribution in [2.24, 2.45) is 20.2 Å². The molecule has 0 heterocycles. The predicted octanol–water partition coefficient (Wildman–Crippen LogP) is -2.05. The minimum atomic E-state index is -4.99. The fourth-order valence-electron chi connectivity index (χ4n) is 5.56. The molecule has 23 heteroatoms. The van der Waals surface area contributed by atoms with Gasteiger partial charge in [-0.15, -0.1) is 0 Å². The zero-order valence-electron chi connectivity index (χ0n) is 31.9. The minimum absolute atomic E-state index is 0. The molecule has 0 saturated heterocycles. The fourth-order valence-corrected chi connectivity index (χ4v) is 6.87. The summed E-state index contributed by atoms with van der Waals surface area (Å²) in [5, 5.41) is 35.3. The minimum Gasteiger partial charge on any atom is -0.862 e. The molecule has 2 aliphatic rings. The van der Waals surface area contributed by atoms with E-state index in [9.17, 15) is 50.5 Å². The number of allylic oxidation sites excluding steroid dienone is 2. The average molecular weight is 871 g/mol. The van der Waals surface area contributed by atoms with E-state index in [1.54, 1.807) is 0 Å². The van der Waals surface area contributed by atoms with E-state index in [1.165, 1.54) is 98.8 Å². The molecule has 296 valence electrons. The zero-order chi connectivity index (χ0) is 41.9. The standard InChI is InChI=1S/C37H30N8O11S2.2Na/c1-19(46)38-23-3-7-25(8-4-23)42-44-33-31(57(51,52)53)17-21-15-27(11-13-29(21)35(33)48)40-37(50)41-28-12-14-30-22(16-28)18-32(58(54,55)56)34(36(30)49)45-43-26-9-5-24(6-10-26)39-20(2)47;;/h3-18,42-43H,1-2H3,(H,38,46)(H,39,47)(H2,40,41,50)(H,51,52,53)(H,54,55,56);;/q;2*+1/p-2/b44-33+,45-34+;;. The van der Waals surface area contributed by atoms with Gasteiger partial charge in [-0.25, -0.2) is 4.79 Å². The smallest absolute Gasteiger partial charge is 0.862 e. The third kappa shape index (κ3) is 11.5. The first-order valence-corrected chi connectivity index (χ1v) is 19.4. The van der Waals surface area contributed by atoms with E-state index in [4.69, 9.17) is 0 Å². The molecular weight excluding hydrogens is 843 g/mol. The largest absolute Gasteiger partial charge is 1.00 e. The van der Waals surface area contributed by atoms with E-state index in [1.807, 2.05) is 0 Å². The number of hydrogen-bond donors (Lipinski definition) is 6. The monoisotopic (exact) mass is 870 g/mol. The summed E-state index contributed by atoms with van der Waals surface area (Å²) in [7, 11) is -9.98. The number of Topliss-reactive ketones (excluding diaryl/α,β-unsaturated/α-hetero) is 2. The number of ketones is 2. The van der Waals surface area contributed by atoms with Crippen LogP contribution in [0.25, 0.3) is 12.2 Å². The van der Waals surface area contributed by atoms with Crippen LogP contribution in [-0.2, 0) is 20.2 Å². The van der Waals surface area contributed by atoms with Crippen LogP contribution in [0, 0.1) is 0 Å². The molecule has 60 heavy (non-hydrogen) atoms. The molecule has 0 spiro atoms. The van der Waals surface area contributed by atoms with E-state index < -0.39 is 70.9 Å². The molecule has 0 saturated carbocycles. The number of carbonyl (C=O) groups is 3. The van der Waals surface area contributed by atoms with Crippen molar-refractivity contribution >= 4 is 107 Å². The fraction of sp³-hybridized carbons (Fsp3) is 0.0541. The van der Waals surface area contributed by atoms with E-state index in [-0.39, 0.29) is 92.7 Å². The molecule has 2 aliphatic carbocycles. The average Bonchev–Trinajstić information content (AvgIpc) is 3.13. The van der Waals surface area contributed by atoms with E-state index in [2.05, 4.69) is 41.7 Å². The van der Waals surface area contributed by atoms with Gasteiger partial charge in [-0.05, 0) is 134 Å². The Bertz CT molecular complexity index is 2620. The Morgan fingerprint density at radius 3 is 1.22 bits per heavy atom. The molecule has 6 rings (SSSR count). The number of benzene rings is 4. The molecule has 0 atom stereocenters. The number of urea groups is 1. The van der Waals surface area contributed by atoms with Crippen molar-refractivity contribution in [3.8, 4) is 0 Å². The SMILES string of the molecule is CC([O-])=Nc1ccc(N/N=C2/C(=O)c3ccc(NC(=O)Nc4ccc5c(c4)C=C(S(=O)(=O)O)/C(=N\Nc4ccc(N=C(C)[O-])cc4)C5=O)cc3C=C2S(=O)(=O)O)cc1.[Na+].[Na+]. The van der Waals surface area contributed by atoms with Crippen molar-refractivity contribution in [1.29, 1.82) is 0 Å². The van der Waals surface area contributed by atoms with Crippen molar-refractivity contribution in [2.75, 3.05) is 21.5 Å². The van der Waals surface area contributed by atoms with Gasteiger partial charge in [0.1, 0.15) is 9.81 Å². The molecule has 4 aromatic carbocycles. The van der Waals surface area contributed by atoms with Crippen molar-refractivity contribution in [3.63, 3.8) is 0 Å². The number of amides is 2. The Hall–Kier alpha value is -5.33. The Balaban J connectivity index is 0.00000397. The van der Waals surface area contributed by atoms with Crippen LogP contribution < -0.4 is 90.8 Å². The number of anilines is 4. The molecule has 0 radical (unpaired) electrons. The zero-order valence-corrected chi connectivity index (χ0v) is 37.5. The quantitative estimate of drug-likeness (QED) is 0.0329. The molecule has 4 aromatic rings. The first kappa shape index (κ1) is 47.3. The van der Waals surface area contributed by atoms with E-state index in [0.717, 1.165) is 12.2 Å². The number of fused-ring (bicyclic) bond motifs is 2. The Labute approximate surface area is 386 Å². The first-order chi connectivity index (χ1) is 27.3. The van der Waals surface area contributed by atoms with Gasteiger partial charge in [0.25, 0.3) is 20.2 Å². The molecule has 0 unspecified atom stereocenters. The maximum atomic E-state index is 13.4. The maximum absolute atomic E-state index is 13.4. The number of aliphatic imine (C=N–C) groups is 2. The van der Waals surface area contributed by atoms with Crippen LogP contribution in [0.5, 0.6) is 0 Å². The number of nitrogens with one attached hydrogen (secondary N) is 4. The summed E-state index contributed by atoms with van der Waals surface area (Å²) in [6.07, 6.45) is 2.00. The van der Waals surface area contributed by atoms with Gasteiger partial charge in [0, 0.05) is 22.5 Å². The second-order valence-corrected chi connectivity index (χ2v) is 15.1. The molecule has 0 bridgehead atoms. The van der Waals surface area contributed by atoms with Crippen LogP contribution in [0.15, 0.2) is 115 Å². The van der Waals surface area contributed by atoms with E-state index >= 15 is 0 Å². The summed E-state index contributed by atoms with van der Waals surface area (Å²) < 4.78 is 69.2. The normalized spacial score (nSPS) is 15.4. The molecule has 2 amide bonds. The van der Waals surface area contributed by atoms with Gasteiger partial charge in [0.05, 0.1) is 22.7 Å². The van der Waals surface area contributed by atoms with Crippen molar-refractivity contribution in [3.05, 3.63) is 117 Å². The molecular formula is C37H28N8Na2O11S2. The summed E-state index contributed by atoms with van der Waals surface area (Å²) in [5.74, 6) is -2.56. The Morgan fingerprint density at radius 2 is 0.900 bits per heavy atom. The van der Waals surface area contributed by atoms with Gasteiger partial charge < -0.3 is 20.8 Å². The van der Waals surface area contributed by atoms with Gasteiger partial charge in [-0.1, -0.05) is 0 Å². The number of rotatable bonds is 10. The third-order valence-corrected chi connectivity index (χ3v) is 9.77. The maximum Gasteiger partial charge on any atom is 1.00 e. The van der Waals surface area contributed by atoms with Crippen LogP contribution >= 0.6 is 0 Å². The van der Waals surface area contributed by atoms with Gasteiger partial charge in [-0.2, -0.15) is 27.0 Å². The topological polar surface area (TPSA) is 304 Å². The van der Waals surface area contributed by atoms with Gasteiger partial charge >= 0.3 is 65.1 Å². The van der Waals surface area contributed by atoms with Crippen LogP contribution in [0.4, 0.5) is 38.9 Å². The van der Waals surface area contributed by atoms with Gasteiger partial charge in [0.2, 0.25) is 11.6 Å². The number of carbonyl (C=O) groups excluding carboxylic acids is 3. The molecule has 0 aromatic heterocycles. The molecule has 19 nitrogen and oxygen atoms in total. The first-order valence-electron chi connectivity index (χ1n) is 16.5. The number of hydrazone groups is 2. The number of hydrogen-bond acceptors (Lipinski definition) is 15. The van der Waals surface area contributed by atoms with Crippen LogP contribution in [0.3, 0.4) is 0 Å². The second-order valence-electron chi connectivity index (χ2n) is 12.3. The van der Waals surface area contributed by atoms with Gasteiger partial charge in [0.15, 0.2) is 11.4 Å². The van der Waals surface area contributed by atoms with Gasteiger partial charge in [-0.3, -0.25) is 39.5 Å². The second kappa shape index (κ2) is 19.4. The Morgan fingerprint density at radius 1 is 0.567 bits per heavy atom. The molecule has 0 fully saturated rings. The third-order valence-electron chi connectivity index (χ3n) is 8.04. The van der Waals surface area contributed by atoms with Crippen molar-refractivity contribution < 1.29 is 110 Å². The van der Waals surface area contributed by atoms with Crippen LogP contribution in [0.2, 0.25) is 0 Å². The predicted molar refractivity (Wildman–Crippen MR) is 214 cm³/mol. The summed E-state index contributed by atoms with van der Waals surface area (Å²) >= 11 is 0. The van der Waals surface area contributed by atoms with Crippen LogP contribution in [-0.4, -0.2) is 66.8 Å². The number of nitrogens with zero attached hydrogens (tertiary/aromatic N) is 4. The molecule has 6 N–H and O–H groups in total. The summed E-state index contributed by atoms with van der Waals surface area (Å²) in [6.45, 7) is 2.56. The molecule has 0 aliphatic heterocycles.